The lowest BCUT2D eigenvalue weighted by molar-refractivity contribution is -0.123. The van der Waals surface area contributed by atoms with Gasteiger partial charge in [0.05, 0.1) is 6.04 Å². The lowest BCUT2D eigenvalue weighted by Gasteiger charge is -2.26. The van der Waals surface area contributed by atoms with E-state index in [9.17, 15) is 4.79 Å². The minimum absolute atomic E-state index is 0.0533. The topological polar surface area (TPSA) is 41.6 Å². The molecule has 4 nitrogen and oxygen atoms in total. The van der Waals surface area contributed by atoms with E-state index in [4.69, 9.17) is 4.74 Å². The van der Waals surface area contributed by atoms with Gasteiger partial charge in [-0.05, 0) is 84.2 Å². The number of hydrogen-bond donors (Lipinski definition) is 1. The fourth-order valence-electron chi connectivity index (χ4n) is 2.89. The zero-order valence-electron chi connectivity index (χ0n) is 13.4. The quantitative estimate of drug-likeness (QED) is 0.647. The summed E-state index contributed by atoms with van der Waals surface area (Å²) in [4.78, 5) is 15.9. The van der Waals surface area contributed by atoms with Crippen LogP contribution in [0, 0.1) is 3.57 Å². The molecule has 1 aliphatic rings. The predicted octanol–water partition coefficient (Wildman–Crippen LogP) is 3.68. The molecule has 1 saturated heterocycles. The van der Waals surface area contributed by atoms with Gasteiger partial charge in [-0.25, -0.2) is 0 Å². The van der Waals surface area contributed by atoms with Crippen LogP contribution >= 0.6 is 33.9 Å². The van der Waals surface area contributed by atoms with Crippen LogP contribution in [0.4, 0.5) is 0 Å². The van der Waals surface area contributed by atoms with Gasteiger partial charge in [0.1, 0.15) is 5.75 Å². The second-order valence-electron chi connectivity index (χ2n) is 5.82. The van der Waals surface area contributed by atoms with Crippen molar-refractivity contribution in [3.05, 3.63) is 50.2 Å². The zero-order valence-corrected chi connectivity index (χ0v) is 16.4. The van der Waals surface area contributed by atoms with Crippen LogP contribution < -0.4 is 10.1 Å². The van der Waals surface area contributed by atoms with Gasteiger partial charge in [0.2, 0.25) is 0 Å². The molecule has 0 radical (unpaired) electrons. The van der Waals surface area contributed by atoms with Gasteiger partial charge < -0.3 is 10.1 Å². The third-order valence-corrected chi connectivity index (χ3v) is 5.82. The molecule has 1 fully saturated rings. The molecule has 2 heterocycles. The van der Waals surface area contributed by atoms with Crippen LogP contribution in [0.3, 0.4) is 0 Å². The summed E-state index contributed by atoms with van der Waals surface area (Å²) < 4.78 is 6.69. The number of halogens is 1. The Morgan fingerprint density at radius 2 is 2.00 bits per heavy atom. The summed E-state index contributed by atoms with van der Waals surface area (Å²) in [6, 6.07) is 12.2. The van der Waals surface area contributed by atoms with E-state index in [0.717, 1.165) is 22.4 Å². The van der Waals surface area contributed by atoms with Gasteiger partial charge in [-0.2, -0.15) is 0 Å². The molecular weight excluding hydrogens is 435 g/mol. The first-order valence-corrected chi connectivity index (χ1v) is 10.1. The molecule has 128 valence electrons. The maximum Gasteiger partial charge on any atom is 0.258 e. The van der Waals surface area contributed by atoms with Crippen LogP contribution in [-0.4, -0.2) is 37.0 Å². The Bertz CT molecular complexity index is 640. The average molecular weight is 456 g/mol. The normalized spacial score (nSPS) is 16.0. The first-order chi connectivity index (χ1) is 11.7. The molecule has 0 aliphatic carbocycles. The second kappa shape index (κ2) is 8.82. The van der Waals surface area contributed by atoms with Crippen LogP contribution in [0.2, 0.25) is 0 Å². The van der Waals surface area contributed by atoms with Gasteiger partial charge in [-0.3, -0.25) is 9.69 Å². The van der Waals surface area contributed by atoms with Crippen molar-refractivity contribution in [1.82, 2.24) is 10.2 Å². The molecule has 0 spiro atoms. The molecule has 24 heavy (non-hydrogen) atoms. The maximum absolute atomic E-state index is 12.1. The van der Waals surface area contributed by atoms with Crippen molar-refractivity contribution in [2.45, 2.75) is 18.9 Å². The number of nitrogens with zero attached hydrogens (tertiary/aromatic N) is 1. The third-order valence-electron chi connectivity index (χ3n) is 4.13. The van der Waals surface area contributed by atoms with E-state index in [-0.39, 0.29) is 18.6 Å². The van der Waals surface area contributed by atoms with Crippen molar-refractivity contribution in [1.29, 1.82) is 0 Å². The Balaban J connectivity index is 1.50. The Labute approximate surface area is 160 Å². The lowest BCUT2D eigenvalue weighted by Crippen LogP contribution is -2.38. The summed E-state index contributed by atoms with van der Waals surface area (Å²) in [5, 5.41) is 5.13. The van der Waals surface area contributed by atoms with E-state index in [1.165, 1.54) is 17.7 Å². The highest BCUT2D eigenvalue weighted by atomic mass is 127. The van der Waals surface area contributed by atoms with Gasteiger partial charge in [0.15, 0.2) is 6.61 Å². The second-order valence-corrected chi connectivity index (χ2v) is 8.05. The van der Waals surface area contributed by atoms with Crippen LogP contribution in [0.15, 0.2) is 41.8 Å². The smallest absolute Gasteiger partial charge is 0.258 e. The van der Waals surface area contributed by atoms with E-state index in [2.05, 4.69) is 50.3 Å². The molecule has 3 rings (SSSR count). The molecule has 6 heteroatoms. The molecule has 1 N–H and O–H groups in total. The molecule has 1 unspecified atom stereocenters. The van der Waals surface area contributed by atoms with Gasteiger partial charge >= 0.3 is 0 Å². The number of likely N-dealkylation sites (tertiary alicyclic amines) is 1. The maximum atomic E-state index is 12.1. The van der Waals surface area contributed by atoms with E-state index >= 15 is 0 Å². The highest BCUT2D eigenvalue weighted by Gasteiger charge is 2.24. The first-order valence-electron chi connectivity index (χ1n) is 8.15. The molecule has 1 aromatic heterocycles. The standard InChI is InChI=1S/C18H21IN2O2S/c19-14-5-7-15(8-6-14)23-13-18(22)20-12-16(17-4-3-11-24-17)21-9-1-2-10-21/h3-8,11,16H,1-2,9-10,12-13H2,(H,20,22). The highest BCUT2D eigenvalue weighted by Crippen LogP contribution is 2.27. The molecule has 0 bridgehead atoms. The van der Waals surface area contributed by atoms with Gasteiger partial charge in [0, 0.05) is 15.0 Å². The Morgan fingerprint density at radius 1 is 1.25 bits per heavy atom. The molecule has 1 aliphatic heterocycles. The summed E-state index contributed by atoms with van der Waals surface area (Å²) in [5.74, 6) is 0.647. The van der Waals surface area contributed by atoms with Crippen molar-refractivity contribution in [2.24, 2.45) is 0 Å². The largest absolute Gasteiger partial charge is 0.484 e. The number of ether oxygens (including phenoxy) is 1. The summed E-state index contributed by atoms with van der Waals surface area (Å²) in [5.41, 5.74) is 0. The monoisotopic (exact) mass is 456 g/mol. The molecule has 1 amide bonds. The van der Waals surface area contributed by atoms with Crippen molar-refractivity contribution < 1.29 is 9.53 Å². The van der Waals surface area contributed by atoms with Gasteiger partial charge in [-0.15, -0.1) is 11.3 Å². The average Bonchev–Trinajstić information content (AvgIpc) is 3.29. The fraction of sp³-hybridized carbons (Fsp3) is 0.389. The Hall–Kier alpha value is -1.12. The van der Waals surface area contributed by atoms with Crippen LogP contribution in [0.1, 0.15) is 23.8 Å². The van der Waals surface area contributed by atoms with Gasteiger partial charge in [-0.1, -0.05) is 6.07 Å². The summed E-state index contributed by atoms with van der Waals surface area (Å²) in [6.07, 6.45) is 2.48. The van der Waals surface area contributed by atoms with E-state index < -0.39 is 0 Å². The summed E-state index contributed by atoms with van der Waals surface area (Å²) in [7, 11) is 0. The first kappa shape index (κ1) is 17.7. The number of carbonyl (C=O) groups is 1. The van der Waals surface area contributed by atoms with Crippen molar-refractivity contribution >= 4 is 39.8 Å². The van der Waals surface area contributed by atoms with E-state index in [1.54, 1.807) is 11.3 Å². The SMILES string of the molecule is O=C(COc1ccc(I)cc1)NCC(c1cccs1)N1CCCC1. The number of benzene rings is 1. The van der Waals surface area contributed by atoms with Gasteiger partial charge in [0.25, 0.3) is 5.91 Å². The van der Waals surface area contributed by atoms with Crippen molar-refractivity contribution in [3.63, 3.8) is 0 Å². The number of nitrogens with one attached hydrogen (secondary N) is 1. The van der Waals surface area contributed by atoms with Crippen molar-refractivity contribution in [3.8, 4) is 5.75 Å². The number of amides is 1. The molecule has 1 atom stereocenters. The van der Waals surface area contributed by atoms with Crippen LogP contribution in [0.5, 0.6) is 5.75 Å². The molecule has 2 aromatic rings. The minimum atomic E-state index is -0.0747. The molecule has 0 saturated carbocycles. The minimum Gasteiger partial charge on any atom is -0.484 e. The Morgan fingerprint density at radius 3 is 2.67 bits per heavy atom. The Kier molecular flexibility index (Phi) is 6.51. The predicted molar refractivity (Wildman–Crippen MR) is 106 cm³/mol. The summed E-state index contributed by atoms with van der Waals surface area (Å²) in [6.45, 7) is 2.91. The number of carbonyl (C=O) groups excluding carboxylic acids is 1. The number of rotatable bonds is 7. The molecule has 1 aromatic carbocycles. The van der Waals surface area contributed by atoms with Crippen LogP contribution in [-0.2, 0) is 4.79 Å². The zero-order chi connectivity index (χ0) is 16.8. The van der Waals surface area contributed by atoms with Crippen molar-refractivity contribution in [2.75, 3.05) is 26.2 Å². The lowest BCUT2D eigenvalue weighted by atomic mass is 10.2. The van der Waals surface area contributed by atoms with Crippen LogP contribution in [0.25, 0.3) is 0 Å². The highest BCUT2D eigenvalue weighted by molar-refractivity contribution is 14.1. The number of thiophene rings is 1. The number of hydrogen-bond acceptors (Lipinski definition) is 4. The molecular formula is C18H21IN2O2S. The fourth-order valence-corrected chi connectivity index (χ4v) is 4.11. The van der Waals surface area contributed by atoms with E-state index in [1.807, 2.05) is 24.3 Å². The van der Waals surface area contributed by atoms with E-state index in [0.29, 0.717) is 6.54 Å². The summed E-state index contributed by atoms with van der Waals surface area (Å²) >= 11 is 4.00. The third kappa shape index (κ3) is 4.94.